The van der Waals surface area contributed by atoms with E-state index >= 15 is 0 Å². The summed E-state index contributed by atoms with van der Waals surface area (Å²) >= 11 is 3.78. The molecule has 0 amide bonds. The van der Waals surface area contributed by atoms with Crippen molar-refractivity contribution >= 4 is 34.9 Å². The highest BCUT2D eigenvalue weighted by molar-refractivity contribution is 8.03. The van der Waals surface area contributed by atoms with Crippen molar-refractivity contribution in [1.82, 2.24) is 15.5 Å². The van der Waals surface area contributed by atoms with Gasteiger partial charge < -0.3 is 5.32 Å². The van der Waals surface area contributed by atoms with Crippen LogP contribution >= 0.6 is 34.9 Å². The topological polar surface area (TPSA) is 37.8 Å². The van der Waals surface area contributed by atoms with Crippen molar-refractivity contribution in [2.24, 2.45) is 0 Å². The fourth-order valence-corrected chi connectivity index (χ4v) is 4.16. The minimum absolute atomic E-state index is 0.0195. The van der Waals surface area contributed by atoms with Crippen molar-refractivity contribution in [3.8, 4) is 0 Å². The molecular formula is C13H13F2N3S3. The van der Waals surface area contributed by atoms with E-state index in [9.17, 15) is 8.78 Å². The van der Waals surface area contributed by atoms with Gasteiger partial charge in [0.1, 0.15) is 11.6 Å². The first-order valence-corrected chi connectivity index (χ1v) is 9.28. The fraction of sp³-hybridized carbons (Fsp3) is 0.385. The maximum Gasteiger partial charge on any atom is 0.180 e. The Morgan fingerprint density at radius 3 is 2.48 bits per heavy atom. The first-order valence-electron chi connectivity index (χ1n) is 6.42. The molecule has 3 nitrogen and oxygen atoms in total. The van der Waals surface area contributed by atoms with E-state index in [4.69, 9.17) is 0 Å². The monoisotopic (exact) mass is 345 g/mol. The molecule has 1 aromatic carbocycles. The second-order valence-corrected chi connectivity index (χ2v) is 7.97. The first-order chi connectivity index (χ1) is 10.2. The van der Waals surface area contributed by atoms with Crippen LogP contribution in [0.1, 0.15) is 18.4 Å². The van der Waals surface area contributed by atoms with E-state index < -0.39 is 11.6 Å². The molecule has 112 valence electrons. The van der Waals surface area contributed by atoms with E-state index in [0.717, 1.165) is 28.9 Å². The minimum Gasteiger partial charge on any atom is -0.310 e. The summed E-state index contributed by atoms with van der Waals surface area (Å²) in [5, 5.41) is 11.1. The molecule has 0 aliphatic heterocycles. The number of thioether (sulfide) groups is 1. The zero-order valence-corrected chi connectivity index (χ0v) is 13.7. The average Bonchev–Trinajstić information content (AvgIpc) is 3.18. The van der Waals surface area contributed by atoms with Crippen molar-refractivity contribution in [2.75, 3.05) is 6.26 Å². The molecule has 0 spiro atoms. The number of nitrogens with one attached hydrogen (secondary N) is 1. The van der Waals surface area contributed by atoms with Gasteiger partial charge in [-0.1, -0.05) is 34.9 Å². The van der Waals surface area contributed by atoms with Crippen LogP contribution in [-0.2, 0) is 6.54 Å². The van der Waals surface area contributed by atoms with E-state index in [1.807, 2.05) is 6.26 Å². The predicted molar refractivity (Wildman–Crippen MR) is 82.0 cm³/mol. The molecule has 0 radical (unpaired) electrons. The van der Waals surface area contributed by atoms with Gasteiger partial charge in [0.2, 0.25) is 0 Å². The highest BCUT2D eigenvalue weighted by Gasteiger charge is 2.21. The quantitative estimate of drug-likeness (QED) is 0.803. The molecule has 21 heavy (non-hydrogen) atoms. The van der Waals surface area contributed by atoms with Gasteiger partial charge in [-0.05, 0) is 36.8 Å². The van der Waals surface area contributed by atoms with E-state index in [-0.39, 0.29) is 4.90 Å². The van der Waals surface area contributed by atoms with E-state index in [0.29, 0.717) is 22.5 Å². The van der Waals surface area contributed by atoms with Crippen LogP contribution in [0.2, 0.25) is 0 Å². The lowest BCUT2D eigenvalue weighted by Gasteiger charge is -2.07. The lowest BCUT2D eigenvalue weighted by Crippen LogP contribution is -2.15. The molecule has 1 aliphatic rings. The Hall–Kier alpha value is -0.700. The van der Waals surface area contributed by atoms with Crippen molar-refractivity contribution < 1.29 is 8.78 Å². The smallest absolute Gasteiger partial charge is 0.180 e. The number of rotatable bonds is 6. The highest BCUT2D eigenvalue weighted by atomic mass is 32.2. The first kappa shape index (κ1) is 15.2. The Morgan fingerprint density at radius 2 is 1.90 bits per heavy atom. The molecule has 1 heterocycles. The van der Waals surface area contributed by atoms with Crippen molar-refractivity contribution in [2.45, 2.75) is 39.0 Å². The third-order valence-electron chi connectivity index (χ3n) is 2.98. The van der Waals surface area contributed by atoms with E-state index in [1.165, 1.54) is 35.2 Å². The number of benzene rings is 1. The number of hydrogen-bond acceptors (Lipinski definition) is 6. The van der Waals surface area contributed by atoms with Crippen LogP contribution in [0, 0.1) is 11.6 Å². The van der Waals surface area contributed by atoms with Crippen LogP contribution in [0.25, 0.3) is 0 Å². The van der Waals surface area contributed by atoms with Gasteiger partial charge in [0, 0.05) is 12.6 Å². The molecule has 1 N–H and O–H groups in total. The number of aromatic nitrogens is 2. The second kappa shape index (κ2) is 6.60. The zero-order chi connectivity index (χ0) is 14.8. The standard InChI is InChI=1S/C13H13F2N3S3/c1-19-12-17-18-13(21-12)20-11-9(14)4-7(5-10(11)15)6-16-8-2-3-8/h4-5,8,16H,2-3,6H2,1H3. The number of halogens is 2. The molecule has 8 heteroatoms. The third-order valence-corrected chi connectivity index (χ3v) is 6.03. The van der Waals surface area contributed by atoms with E-state index in [1.54, 1.807) is 0 Å². The number of nitrogens with zero attached hydrogens (tertiary/aromatic N) is 2. The van der Waals surface area contributed by atoms with Gasteiger partial charge in [-0.3, -0.25) is 0 Å². The summed E-state index contributed by atoms with van der Waals surface area (Å²) in [6, 6.07) is 3.28. The summed E-state index contributed by atoms with van der Waals surface area (Å²) in [6.45, 7) is 0.499. The van der Waals surface area contributed by atoms with Crippen LogP contribution in [-0.4, -0.2) is 22.5 Å². The zero-order valence-electron chi connectivity index (χ0n) is 11.2. The second-order valence-electron chi connectivity index (χ2n) is 4.68. The molecule has 0 bridgehead atoms. The molecule has 1 aliphatic carbocycles. The molecule has 3 rings (SSSR count). The summed E-state index contributed by atoms with van der Waals surface area (Å²) in [7, 11) is 0. The Morgan fingerprint density at radius 1 is 1.24 bits per heavy atom. The third kappa shape index (κ3) is 3.94. The van der Waals surface area contributed by atoms with Gasteiger partial charge >= 0.3 is 0 Å². The molecule has 0 saturated heterocycles. The lowest BCUT2D eigenvalue weighted by atomic mass is 10.2. The lowest BCUT2D eigenvalue weighted by molar-refractivity contribution is 0.534. The molecule has 0 atom stereocenters. The van der Waals surface area contributed by atoms with Gasteiger partial charge in [-0.15, -0.1) is 10.2 Å². The summed E-state index contributed by atoms with van der Waals surface area (Å²) in [5.41, 5.74) is 0.628. The summed E-state index contributed by atoms with van der Waals surface area (Å²) in [6.07, 6.45) is 4.18. The fourth-order valence-electron chi connectivity index (χ4n) is 1.77. The molecule has 2 aromatic rings. The van der Waals surface area contributed by atoms with Crippen LogP contribution in [0.3, 0.4) is 0 Å². The minimum atomic E-state index is -0.548. The normalized spacial score (nSPS) is 14.6. The molecule has 0 unspecified atom stereocenters. The maximum absolute atomic E-state index is 14.1. The van der Waals surface area contributed by atoms with Crippen molar-refractivity contribution in [3.05, 3.63) is 29.3 Å². The Bertz CT molecular complexity index is 620. The maximum atomic E-state index is 14.1. The van der Waals surface area contributed by atoms with Crippen LogP contribution in [0.15, 0.2) is 25.7 Å². The van der Waals surface area contributed by atoms with Gasteiger partial charge in [0.25, 0.3) is 0 Å². The van der Waals surface area contributed by atoms with Crippen LogP contribution in [0.5, 0.6) is 0 Å². The summed E-state index contributed by atoms with van der Waals surface area (Å²) in [4.78, 5) is -0.0195. The Balaban J connectivity index is 1.74. The molecule has 1 fully saturated rings. The van der Waals surface area contributed by atoms with Crippen molar-refractivity contribution in [3.63, 3.8) is 0 Å². The van der Waals surface area contributed by atoms with E-state index in [2.05, 4.69) is 15.5 Å². The predicted octanol–water partition coefficient (Wildman–Crippen LogP) is 3.94. The number of hydrogen-bond donors (Lipinski definition) is 1. The molecule has 1 aromatic heterocycles. The Kier molecular flexibility index (Phi) is 4.78. The Labute approximate surface area is 133 Å². The molecular weight excluding hydrogens is 332 g/mol. The van der Waals surface area contributed by atoms with Gasteiger partial charge in [0.15, 0.2) is 8.68 Å². The highest BCUT2D eigenvalue weighted by Crippen LogP contribution is 2.36. The van der Waals surface area contributed by atoms with Gasteiger partial charge in [-0.2, -0.15) is 0 Å². The average molecular weight is 345 g/mol. The van der Waals surface area contributed by atoms with Crippen LogP contribution in [0.4, 0.5) is 8.78 Å². The SMILES string of the molecule is CSc1nnc(Sc2c(F)cc(CNC3CC3)cc2F)s1. The largest absolute Gasteiger partial charge is 0.310 e. The summed E-state index contributed by atoms with van der Waals surface area (Å²) < 4.78 is 29.5. The van der Waals surface area contributed by atoms with Crippen LogP contribution < -0.4 is 5.32 Å². The molecule has 1 saturated carbocycles. The summed E-state index contributed by atoms with van der Waals surface area (Å²) in [5.74, 6) is -1.10. The van der Waals surface area contributed by atoms with Crippen molar-refractivity contribution in [1.29, 1.82) is 0 Å². The van der Waals surface area contributed by atoms with Gasteiger partial charge in [0.05, 0.1) is 4.90 Å². The van der Waals surface area contributed by atoms with Gasteiger partial charge in [-0.25, -0.2) is 8.78 Å².